The molecule has 0 aliphatic heterocycles. The van der Waals surface area contributed by atoms with Gasteiger partial charge >= 0.3 is 5.97 Å². The van der Waals surface area contributed by atoms with Gasteiger partial charge in [0.2, 0.25) is 0 Å². The maximum Gasteiger partial charge on any atom is 0.305 e. The van der Waals surface area contributed by atoms with Crippen LogP contribution in [0.4, 0.5) is 0 Å². The number of hydrogen-bond acceptors (Lipinski definition) is 4. The van der Waals surface area contributed by atoms with Gasteiger partial charge in [-0.25, -0.2) is 4.98 Å². The largest absolute Gasteiger partial charge is 0.469 e. The van der Waals surface area contributed by atoms with E-state index >= 15 is 0 Å². The van der Waals surface area contributed by atoms with E-state index in [9.17, 15) is 9.59 Å². The van der Waals surface area contributed by atoms with Gasteiger partial charge in [0.15, 0.2) is 5.78 Å². The summed E-state index contributed by atoms with van der Waals surface area (Å²) in [6, 6.07) is 7.50. The minimum atomic E-state index is -0.193. The normalized spacial score (nSPS) is 10.4. The van der Waals surface area contributed by atoms with E-state index in [0.29, 0.717) is 12.8 Å². The van der Waals surface area contributed by atoms with E-state index in [4.69, 9.17) is 0 Å². The Morgan fingerprint density at radius 2 is 1.82 bits per heavy atom. The summed E-state index contributed by atoms with van der Waals surface area (Å²) in [5, 5.41) is 0. The predicted molar refractivity (Wildman–Crippen MR) is 83.0 cm³/mol. The zero-order valence-corrected chi connectivity index (χ0v) is 12.7. The van der Waals surface area contributed by atoms with E-state index in [-0.39, 0.29) is 11.8 Å². The molecule has 1 aromatic carbocycles. The molecule has 0 aliphatic rings. The first kappa shape index (κ1) is 15.9. The average Bonchev–Trinajstić information content (AvgIpc) is 3.08. The first-order valence-corrected chi connectivity index (χ1v) is 7.39. The number of ketones is 1. The van der Waals surface area contributed by atoms with Crippen LogP contribution in [-0.2, 0) is 9.53 Å². The lowest BCUT2D eigenvalue weighted by atomic mass is 10.0. The van der Waals surface area contributed by atoms with Crippen molar-refractivity contribution in [3.05, 3.63) is 48.5 Å². The Morgan fingerprint density at radius 3 is 2.45 bits per heavy atom. The maximum absolute atomic E-state index is 12.1. The molecule has 116 valence electrons. The molecular formula is C17H20N2O3. The van der Waals surface area contributed by atoms with Gasteiger partial charge < -0.3 is 9.30 Å². The highest BCUT2D eigenvalue weighted by molar-refractivity contribution is 5.96. The van der Waals surface area contributed by atoms with Crippen LogP contribution in [0, 0.1) is 0 Å². The number of carbonyl (C=O) groups excluding carboxylic acids is 2. The molecule has 1 heterocycles. The molecular weight excluding hydrogens is 280 g/mol. The highest BCUT2D eigenvalue weighted by Crippen LogP contribution is 2.13. The summed E-state index contributed by atoms with van der Waals surface area (Å²) in [6.07, 6.45) is 8.63. The second kappa shape index (κ2) is 8.12. The van der Waals surface area contributed by atoms with Crippen molar-refractivity contribution in [1.82, 2.24) is 9.55 Å². The van der Waals surface area contributed by atoms with E-state index in [0.717, 1.165) is 30.5 Å². The van der Waals surface area contributed by atoms with Gasteiger partial charge in [0, 0.05) is 36.5 Å². The summed E-state index contributed by atoms with van der Waals surface area (Å²) in [5.41, 5.74) is 1.70. The fourth-order valence-electron chi connectivity index (χ4n) is 2.21. The fraction of sp³-hybridized carbons (Fsp3) is 0.353. The first-order chi connectivity index (χ1) is 10.7. The number of Topliss-reactive ketones (excluding diaryl/α,β-unsaturated/α-hetero) is 1. The number of methoxy groups -OCH3 is 1. The first-order valence-electron chi connectivity index (χ1n) is 7.39. The second-order valence-corrected chi connectivity index (χ2v) is 5.08. The van der Waals surface area contributed by atoms with Crippen LogP contribution in [0.25, 0.3) is 5.69 Å². The zero-order chi connectivity index (χ0) is 15.8. The van der Waals surface area contributed by atoms with Crippen LogP contribution in [-0.4, -0.2) is 28.4 Å². The highest BCUT2D eigenvalue weighted by atomic mass is 16.5. The molecule has 0 unspecified atom stereocenters. The molecule has 0 spiro atoms. The number of unbranched alkanes of at least 4 members (excludes halogenated alkanes) is 2. The minimum Gasteiger partial charge on any atom is -0.469 e. The molecule has 0 bridgehead atoms. The van der Waals surface area contributed by atoms with E-state index in [2.05, 4.69) is 9.72 Å². The molecule has 1 aromatic heterocycles. The van der Waals surface area contributed by atoms with Crippen molar-refractivity contribution in [3.8, 4) is 5.69 Å². The van der Waals surface area contributed by atoms with E-state index in [1.165, 1.54) is 7.11 Å². The molecule has 0 N–H and O–H groups in total. The van der Waals surface area contributed by atoms with Crippen molar-refractivity contribution < 1.29 is 14.3 Å². The highest BCUT2D eigenvalue weighted by Gasteiger charge is 2.06. The van der Waals surface area contributed by atoms with Gasteiger partial charge in [0.1, 0.15) is 0 Å². The molecule has 5 nitrogen and oxygen atoms in total. The van der Waals surface area contributed by atoms with Crippen molar-refractivity contribution in [2.24, 2.45) is 0 Å². The third-order valence-corrected chi connectivity index (χ3v) is 3.50. The number of rotatable bonds is 8. The summed E-state index contributed by atoms with van der Waals surface area (Å²) < 4.78 is 6.47. The van der Waals surface area contributed by atoms with Crippen molar-refractivity contribution in [3.63, 3.8) is 0 Å². The van der Waals surface area contributed by atoms with Crippen molar-refractivity contribution in [1.29, 1.82) is 0 Å². The Labute approximate surface area is 129 Å². The summed E-state index contributed by atoms with van der Waals surface area (Å²) in [6.45, 7) is 0. The lowest BCUT2D eigenvalue weighted by Crippen LogP contribution is -2.01. The van der Waals surface area contributed by atoms with Crippen LogP contribution < -0.4 is 0 Å². The molecule has 0 radical (unpaired) electrons. The fourth-order valence-corrected chi connectivity index (χ4v) is 2.21. The number of aromatic nitrogens is 2. The van der Waals surface area contributed by atoms with Gasteiger partial charge in [-0.1, -0.05) is 6.42 Å². The van der Waals surface area contributed by atoms with Crippen LogP contribution >= 0.6 is 0 Å². The topological polar surface area (TPSA) is 61.2 Å². The molecule has 0 amide bonds. The van der Waals surface area contributed by atoms with Gasteiger partial charge in [-0.05, 0) is 37.1 Å². The summed E-state index contributed by atoms with van der Waals surface area (Å²) in [7, 11) is 1.39. The lowest BCUT2D eigenvalue weighted by Gasteiger charge is -2.04. The Bertz CT molecular complexity index is 603. The van der Waals surface area contributed by atoms with Crippen LogP contribution in [0.3, 0.4) is 0 Å². The van der Waals surface area contributed by atoms with Crippen LogP contribution in [0.2, 0.25) is 0 Å². The minimum absolute atomic E-state index is 0.134. The standard InChI is InChI=1S/C17H20N2O3/c1-22-17(21)6-4-2-3-5-16(20)14-7-9-15(10-8-14)19-12-11-18-13-19/h7-13H,2-6H2,1H3. The molecule has 22 heavy (non-hydrogen) atoms. The molecule has 0 atom stereocenters. The molecule has 0 aliphatic carbocycles. The molecule has 5 heteroatoms. The van der Waals surface area contributed by atoms with Gasteiger partial charge in [-0.3, -0.25) is 9.59 Å². The Kier molecular flexibility index (Phi) is 5.89. The summed E-state index contributed by atoms with van der Waals surface area (Å²) >= 11 is 0. The van der Waals surface area contributed by atoms with Crippen molar-refractivity contribution in [2.75, 3.05) is 7.11 Å². The smallest absolute Gasteiger partial charge is 0.305 e. The number of ether oxygens (including phenoxy) is 1. The predicted octanol–water partition coefficient (Wildman–Crippen LogP) is 3.18. The van der Waals surface area contributed by atoms with Crippen LogP contribution in [0.5, 0.6) is 0 Å². The van der Waals surface area contributed by atoms with E-state index in [1.54, 1.807) is 12.5 Å². The number of hydrogen-bond donors (Lipinski definition) is 0. The Hall–Kier alpha value is -2.43. The third kappa shape index (κ3) is 4.55. The number of nitrogens with zero attached hydrogens (tertiary/aromatic N) is 2. The van der Waals surface area contributed by atoms with E-state index in [1.807, 2.05) is 35.0 Å². The van der Waals surface area contributed by atoms with Crippen LogP contribution in [0.1, 0.15) is 42.5 Å². The van der Waals surface area contributed by atoms with Crippen LogP contribution in [0.15, 0.2) is 43.0 Å². The maximum atomic E-state index is 12.1. The average molecular weight is 300 g/mol. The zero-order valence-electron chi connectivity index (χ0n) is 12.7. The third-order valence-electron chi connectivity index (χ3n) is 3.50. The molecule has 0 saturated carbocycles. The second-order valence-electron chi connectivity index (χ2n) is 5.08. The van der Waals surface area contributed by atoms with Crippen molar-refractivity contribution >= 4 is 11.8 Å². The monoisotopic (exact) mass is 300 g/mol. The SMILES string of the molecule is COC(=O)CCCCCC(=O)c1ccc(-n2ccnc2)cc1. The van der Waals surface area contributed by atoms with E-state index < -0.39 is 0 Å². The van der Waals surface area contributed by atoms with Gasteiger partial charge in [-0.15, -0.1) is 0 Å². The van der Waals surface area contributed by atoms with Gasteiger partial charge in [0.05, 0.1) is 13.4 Å². The lowest BCUT2D eigenvalue weighted by molar-refractivity contribution is -0.140. The van der Waals surface area contributed by atoms with Gasteiger partial charge in [0.25, 0.3) is 0 Å². The number of benzene rings is 1. The Balaban J connectivity index is 1.77. The number of esters is 1. The molecule has 2 rings (SSSR count). The molecule has 0 saturated heterocycles. The number of carbonyl (C=O) groups is 2. The Morgan fingerprint density at radius 1 is 1.09 bits per heavy atom. The summed E-state index contributed by atoms with van der Waals surface area (Å²) in [5.74, 6) is -0.0586. The van der Waals surface area contributed by atoms with Gasteiger partial charge in [-0.2, -0.15) is 0 Å². The molecule has 2 aromatic rings. The quantitative estimate of drug-likeness (QED) is 0.427. The van der Waals surface area contributed by atoms with Crippen molar-refractivity contribution in [2.45, 2.75) is 32.1 Å². The molecule has 0 fully saturated rings. The number of imidazole rings is 1. The summed E-state index contributed by atoms with van der Waals surface area (Å²) in [4.78, 5) is 27.0.